The molecule has 3 aromatic heterocycles. The number of rotatable bonds is 8. The number of fused-ring (bicyclic) bond motifs is 1. The summed E-state index contributed by atoms with van der Waals surface area (Å²) in [5.74, 6) is -0.591. The number of benzene rings is 1. The van der Waals surface area contributed by atoms with Crippen molar-refractivity contribution >= 4 is 28.5 Å². The average Bonchev–Trinajstić information content (AvgIpc) is 3.47. The highest BCUT2D eigenvalue weighted by atomic mass is 35.5. The lowest BCUT2D eigenvalue weighted by Crippen LogP contribution is -2.33. The summed E-state index contributed by atoms with van der Waals surface area (Å²) < 4.78 is 16.4. The first-order valence-electron chi connectivity index (χ1n) is 12.2. The molecule has 1 unspecified atom stereocenters. The van der Waals surface area contributed by atoms with Gasteiger partial charge in [0.05, 0.1) is 31.1 Å². The van der Waals surface area contributed by atoms with E-state index in [0.29, 0.717) is 33.7 Å². The van der Waals surface area contributed by atoms with E-state index in [0.717, 1.165) is 24.2 Å². The smallest absolute Gasteiger partial charge is 0.341 e. The third-order valence-corrected chi connectivity index (χ3v) is 6.25. The standard InChI is InChI=1S/C27H32ClN5O4/c1-7-13-33-16-19(29-30-33)15-32-14-12-20-21(17-8-10-18(28)11-9-17)23(31(5)25(34)22(20)32)24(26(35)36-6)37-27(2,3)4/h8-12,14,16,24H,7,13,15H2,1-6H3. The largest absolute Gasteiger partial charge is 0.467 e. The summed E-state index contributed by atoms with van der Waals surface area (Å²) in [6, 6.07) is 9.16. The number of carbonyl (C=O) groups is 1. The second-order valence-corrected chi connectivity index (χ2v) is 10.4. The number of aryl methyl sites for hydroxylation is 1. The second kappa shape index (κ2) is 10.5. The summed E-state index contributed by atoms with van der Waals surface area (Å²) in [6.07, 6.45) is 3.56. The van der Waals surface area contributed by atoms with Crippen molar-refractivity contribution in [2.24, 2.45) is 7.05 Å². The number of ether oxygens (including phenoxy) is 2. The summed E-state index contributed by atoms with van der Waals surface area (Å²) in [5, 5.41) is 9.70. The Morgan fingerprint density at radius 3 is 2.49 bits per heavy atom. The lowest BCUT2D eigenvalue weighted by molar-refractivity contribution is -0.165. The fourth-order valence-electron chi connectivity index (χ4n) is 4.45. The maximum atomic E-state index is 13.8. The van der Waals surface area contributed by atoms with Crippen molar-refractivity contribution < 1.29 is 14.3 Å². The molecule has 37 heavy (non-hydrogen) atoms. The molecule has 3 heterocycles. The number of aromatic nitrogens is 5. The fraction of sp³-hybridized carbons (Fsp3) is 0.407. The van der Waals surface area contributed by atoms with E-state index >= 15 is 0 Å². The molecule has 1 aromatic carbocycles. The van der Waals surface area contributed by atoms with Crippen molar-refractivity contribution in [2.75, 3.05) is 7.11 Å². The number of nitrogens with zero attached hydrogens (tertiary/aromatic N) is 5. The highest BCUT2D eigenvalue weighted by Crippen LogP contribution is 2.38. The van der Waals surface area contributed by atoms with Crippen molar-refractivity contribution in [1.29, 1.82) is 0 Å². The van der Waals surface area contributed by atoms with Crippen LogP contribution in [0.4, 0.5) is 0 Å². The number of pyridine rings is 1. The first-order valence-corrected chi connectivity index (χ1v) is 12.5. The van der Waals surface area contributed by atoms with E-state index in [4.69, 9.17) is 21.1 Å². The highest BCUT2D eigenvalue weighted by Gasteiger charge is 2.34. The molecule has 1 atom stereocenters. The first-order chi connectivity index (χ1) is 17.5. The fourth-order valence-corrected chi connectivity index (χ4v) is 4.57. The molecule has 4 rings (SSSR count). The quantitative estimate of drug-likeness (QED) is 0.308. The van der Waals surface area contributed by atoms with Crippen LogP contribution in [0.5, 0.6) is 0 Å². The average molecular weight is 526 g/mol. The van der Waals surface area contributed by atoms with Gasteiger partial charge in [-0.05, 0) is 51.0 Å². The zero-order chi connectivity index (χ0) is 26.9. The molecule has 4 aromatic rings. The first kappa shape index (κ1) is 26.6. The Balaban J connectivity index is 1.98. The van der Waals surface area contributed by atoms with Gasteiger partial charge in [-0.3, -0.25) is 9.48 Å². The van der Waals surface area contributed by atoms with E-state index in [2.05, 4.69) is 17.2 Å². The van der Waals surface area contributed by atoms with Crippen LogP contribution in [0, 0.1) is 0 Å². The number of esters is 1. The molecule has 0 bridgehead atoms. The Morgan fingerprint density at radius 2 is 1.86 bits per heavy atom. The predicted molar refractivity (Wildman–Crippen MR) is 143 cm³/mol. The lowest BCUT2D eigenvalue weighted by atomic mass is 9.96. The van der Waals surface area contributed by atoms with Gasteiger partial charge in [-0.1, -0.05) is 35.9 Å². The van der Waals surface area contributed by atoms with Gasteiger partial charge in [-0.2, -0.15) is 0 Å². The lowest BCUT2D eigenvalue weighted by Gasteiger charge is -2.29. The van der Waals surface area contributed by atoms with Crippen LogP contribution in [0.15, 0.2) is 47.5 Å². The molecule has 196 valence electrons. The molecule has 0 N–H and O–H groups in total. The van der Waals surface area contributed by atoms with Gasteiger partial charge in [0.15, 0.2) is 6.10 Å². The molecule has 10 heteroatoms. The number of methoxy groups -OCH3 is 1. The summed E-state index contributed by atoms with van der Waals surface area (Å²) in [6.45, 7) is 8.78. The highest BCUT2D eigenvalue weighted by molar-refractivity contribution is 6.30. The molecule has 0 saturated heterocycles. The minimum atomic E-state index is -1.13. The van der Waals surface area contributed by atoms with Gasteiger partial charge in [0.25, 0.3) is 5.56 Å². The van der Waals surface area contributed by atoms with Crippen LogP contribution in [-0.4, -0.2) is 42.8 Å². The minimum absolute atomic E-state index is 0.264. The Bertz CT molecular complexity index is 1480. The Hall–Kier alpha value is -3.43. The zero-order valence-corrected chi connectivity index (χ0v) is 22.7. The van der Waals surface area contributed by atoms with Crippen molar-refractivity contribution in [3.8, 4) is 11.1 Å². The normalized spacial score (nSPS) is 12.7. The summed E-state index contributed by atoms with van der Waals surface area (Å²) in [4.78, 5) is 26.8. The van der Waals surface area contributed by atoms with E-state index in [1.165, 1.54) is 11.7 Å². The summed E-state index contributed by atoms with van der Waals surface area (Å²) in [5.41, 5.74) is 2.18. The molecule has 0 aliphatic heterocycles. The number of hydrogen-bond acceptors (Lipinski definition) is 6. The molecule has 0 aliphatic carbocycles. The van der Waals surface area contributed by atoms with Gasteiger partial charge in [0.1, 0.15) is 11.2 Å². The van der Waals surface area contributed by atoms with E-state index in [9.17, 15) is 9.59 Å². The van der Waals surface area contributed by atoms with E-state index in [-0.39, 0.29) is 5.56 Å². The molecular formula is C27H32ClN5O4. The molecule has 0 spiro atoms. The Kier molecular flexibility index (Phi) is 7.57. The molecular weight excluding hydrogens is 494 g/mol. The molecule has 0 saturated carbocycles. The van der Waals surface area contributed by atoms with Crippen LogP contribution >= 0.6 is 11.6 Å². The molecule has 0 fully saturated rings. The van der Waals surface area contributed by atoms with Gasteiger partial charge in [0, 0.05) is 35.8 Å². The summed E-state index contributed by atoms with van der Waals surface area (Å²) in [7, 11) is 2.95. The van der Waals surface area contributed by atoms with Crippen LogP contribution in [0.1, 0.15) is 51.6 Å². The molecule has 0 amide bonds. The van der Waals surface area contributed by atoms with E-state index in [1.807, 2.05) is 55.9 Å². The molecule has 0 radical (unpaired) electrons. The van der Waals surface area contributed by atoms with Gasteiger partial charge in [-0.15, -0.1) is 5.10 Å². The molecule has 9 nitrogen and oxygen atoms in total. The van der Waals surface area contributed by atoms with Gasteiger partial charge < -0.3 is 18.6 Å². The van der Waals surface area contributed by atoms with E-state index < -0.39 is 17.7 Å². The van der Waals surface area contributed by atoms with Crippen LogP contribution < -0.4 is 5.56 Å². The summed E-state index contributed by atoms with van der Waals surface area (Å²) >= 11 is 6.18. The maximum Gasteiger partial charge on any atom is 0.341 e. The van der Waals surface area contributed by atoms with Crippen molar-refractivity contribution in [3.05, 3.63) is 69.5 Å². The Morgan fingerprint density at radius 1 is 1.16 bits per heavy atom. The number of halogens is 1. The third-order valence-electron chi connectivity index (χ3n) is 6.00. The van der Waals surface area contributed by atoms with Crippen molar-refractivity contribution in [3.63, 3.8) is 0 Å². The van der Waals surface area contributed by atoms with Gasteiger partial charge in [-0.25, -0.2) is 4.79 Å². The number of hydrogen-bond donors (Lipinski definition) is 0. The Labute approximate surface area is 220 Å². The molecule has 0 aliphatic rings. The van der Waals surface area contributed by atoms with Gasteiger partial charge >= 0.3 is 5.97 Å². The van der Waals surface area contributed by atoms with Crippen LogP contribution in [0.2, 0.25) is 5.02 Å². The predicted octanol–water partition coefficient (Wildman–Crippen LogP) is 4.74. The van der Waals surface area contributed by atoms with Crippen LogP contribution in [0.3, 0.4) is 0 Å². The topological polar surface area (TPSA) is 93.2 Å². The minimum Gasteiger partial charge on any atom is -0.467 e. The van der Waals surface area contributed by atoms with Gasteiger partial charge in [0.2, 0.25) is 0 Å². The van der Waals surface area contributed by atoms with E-state index in [1.54, 1.807) is 23.9 Å². The van der Waals surface area contributed by atoms with Crippen molar-refractivity contribution in [1.82, 2.24) is 24.1 Å². The van der Waals surface area contributed by atoms with Crippen LogP contribution in [0.25, 0.3) is 22.0 Å². The number of carbonyl (C=O) groups excluding carboxylic acids is 1. The monoisotopic (exact) mass is 525 g/mol. The van der Waals surface area contributed by atoms with Crippen molar-refractivity contribution in [2.45, 2.75) is 58.9 Å². The zero-order valence-electron chi connectivity index (χ0n) is 22.0. The third kappa shape index (κ3) is 5.47. The van der Waals surface area contributed by atoms with Crippen LogP contribution in [-0.2, 0) is 34.4 Å². The SMILES string of the molecule is CCCn1cc(Cn2ccc3c(-c4ccc(Cl)cc4)c(C(OC(C)(C)C)C(=O)OC)n(C)c(=O)c32)nn1. The second-order valence-electron chi connectivity index (χ2n) is 9.94. The maximum absolute atomic E-state index is 13.8.